The smallest absolute Gasteiger partial charge is 0.229 e. The minimum atomic E-state index is -0.676. The predicted octanol–water partition coefficient (Wildman–Crippen LogP) is 7.68. The van der Waals surface area contributed by atoms with Crippen LogP contribution in [0.15, 0.2) is 48.5 Å². The fourth-order valence-electron chi connectivity index (χ4n) is 6.11. The van der Waals surface area contributed by atoms with Gasteiger partial charge in [0.25, 0.3) is 0 Å². The van der Waals surface area contributed by atoms with Crippen LogP contribution in [0.4, 0.5) is 0 Å². The maximum atomic E-state index is 14.5. The molecule has 198 valence electrons. The highest BCUT2D eigenvalue weighted by Crippen LogP contribution is 2.53. The van der Waals surface area contributed by atoms with Gasteiger partial charge in [0.05, 0.1) is 24.8 Å². The summed E-state index contributed by atoms with van der Waals surface area (Å²) in [6, 6.07) is 17.7. The molecule has 2 aromatic rings. The summed E-state index contributed by atoms with van der Waals surface area (Å²) < 4.78 is 12.0. The molecular weight excluding hydrogens is 507 g/mol. The first-order chi connectivity index (χ1) is 17.6. The number of rotatable bonds is 8. The van der Waals surface area contributed by atoms with Gasteiger partial charge in [-0.15, -0.1) is 0 Å². The Labute approximate surface area is 230 Å². The van der Waals surface area contributed by atoms with Crippen LogP contribution in [0.5, 0.6) is 0 Å². The maximum absolute atomic E-state index is 14.5. The summed E-state index contributed by atoms with van der Waals surface area (Å²) in [7, 11) is 0. The van der Waals surface area contributed by atoms with Gasteiger partial charge in [0.2, 0.25) is 5.91 Å². The number of ether oxygens (including phenoxy) is 2. The lowest BCUT2D eigenvalue weighted by Crippen LogP contribution is -2.56. The summed E-state index contributed by atoms with van der Waals surface area (Å²) in [4.78, 5) is 16.6. The van der Waals surface area contributed by atoms with E-state index in [1.54, 1.807) is 0 Å². The highest BCUT2D eigenvalue weighted by atomic mass is 35.5. The summed E-state index contributed by atoms with van der Waals surface area (Å²) in [6.45, 7) is 8.42. The van der Waals surface area contributed by atoms with Crippen LogP contribution in [0, 0.1) is 16.7 Å². The van der Waals surface area contributed by atoms with Crippen molar-refractivity contribution in [1.29, 1.82) is 5.26 Å². The van der Waals surface area contributed by atoms with Crippen LogP contribution in [-0.4, -0.2) is 35.3 Å². The zero-order valence-corrected chi connectivity index (χ0v) is 23.6. The third-order valence-corrected chi connectivity index (χ3v) is 8.28. The quantitative estimate of drug-likeness (QED) is 0.343. The van der Waals surface area contributed by atoms with E-state index in [1.807, 2.05) is 56.3 Å². The Morgan fingerprint density at radius 2 is 1.84 bits per heavy atom. The maximum Gasteiger partial charge on any atom is 0.229 e. The molecular formula is C30H36Cl2N2O3. The van der Waals surface area contributed by atoms with Crippen molar-refractivity contribution in [3.05, 3.63) is 69.7 Å². The number of nitriles is 1. The van der Waals surface area contributed by atoms with E-state index in [4.69, 9.17) is 32.7 Å². The van der Waals surface area contributed by atoms with Crippen LogP contribution in [0.3, 0.4) is 0 Å². The average molecular weight is 544 g/mol. The second kappa shape index (κ2) is 11.3. The number of hydrogen-bond acceptors (Lipinski definition) is 4. The molecule has 0 radical (unpaired) electrons. The number of likely N-dealkylation sites (tertiary alicyclic amines) is 1. The van der Waals surface area contributed by atoms with Gasteiger partial charge in [-0.2, -0.15) is 5.26 Å². The zero-order valence-electron chi connectivity index (χ0n) is 22.0. The van der Waals surface area contributed by atoms with Crippen molar-refractivity contribution in [2.45, 2.75) is 89.7 Å². The van der Waals surface area contributed by atoms with Crippen LogP contribution in [-0.2, 0) is 14.3 Å². The van der Waals surface area contributed by atoms with Gasteiger partial charge in [-0.3, -0.25) is 4.79 Å². The van der Waals surface area contributed by atoms with Crippen LogP contribution in [0.25, 0.3) is 0 Å². The summed E-state index contributed by atoms with van der Waals surface area (Å²) in [6.07, 6.45) is 2.80. The van der Waals surface area contributed by atoms with E-state index >= 15 is 0 Å². The topological polar surface area (TPSA) is 62.6 Å². The number of carbonyl (C=O) groups excluding carboxylic acids is 1. The van der Waals surface area contributed by atoms with Crippen LogP contribution in [0.1, 0.15) is 82.9 Å². The highest BCUT2D eigenvalue weighted by Gasteiger charge is 2.53. The van der Waals surface area contributed by atoms with Gasteiger partial charge >= 0.3 is 0 Å². The van der Waals surface area contributed by atoms with Crippen molar-refractivity contribution in [3.8, 4) is 6.07 Å². The molecule has 2 unspecified atom stereocenters. The molecule has 0 N–H and O–H groups in total. The number of nitrogens with zero attached hydrogens (tertiary/aromatic N) is 2. The minimum absolute atomic E-state index is 0.00552. The van der Waals surface area contributed by atoms with Gasteiger partial charge in [0.15, 0.2) is 5.79 Å². The monoisotopic (exact) mass is 542 g/mol. The van der Waals surface area contributed by atoms with Crippen molar-refractivity contribution >= 4 is 29.1 Å². The molecule has 2 aliphatic rings. The average Bonchev–Trinajstić information content (AvgIpc) is 3.20. The van der Waals surface area contributed by atoms with Crippen LogP contribution >= 0.6 is 23.2 Å². The van der Waals surface area contributed by atoms with Crippen LogP contribution < -0.4 is 0 Å². The normalized spacial score (nSPS) is 28.2. The predicted molar refractivity (Wildman–Crippen MR) is 146 cm³/mol. The molecule has 7 heteroatoms. The van der Waals surface area contributed by atoms with Gasteiger partial charge in [-0.1, -0.05) is 61.3 Å². The summed E-state index contributed by atoms with van der Waals surface area (Å²) >= 11 is 12.7. The van der Waals surface area contributed by atoms with Gasteiger partial charge in [-0.05, 0) is 74.9 Å². The van der Waals surface area contributed by atoms with E-state index in [-0.39, 0.29) is 30.0 Å². The molecule has 2 aromatic carbocycles. The van der Waals surface area contributed by atoms with E-state index in [2.05, 4.69) is 30.9 Å². The van der Waals surface area contributed by atoms with E-state index in [0.717, 1.165) is 17.5 Å². The molecule has 37 heavy (non-hydrogen) atoms. The fraction of sp³-hybridized carbons (Fsp3) is 0.533. The van der Waals surface area contributed by atoms with Crippen molar-refractivity contribution in [2.24, 2.45) is 5.41 Å². The first-order valence-corrected chi connectivity index (χ1v) is 13.8. The molecule has 4 rings (SSSR count). The second-order valence-electron chi connectivity index (χ2n) is 11.0. The Morgan fingerprint density at radius 3 is 2.43 bits per heavy atom. The Kier molecular flexibility index (Phi) is 8.55. The van der Waals surface area contributed by atoms with Gasteiger partial charge < -0.3 is 14.4 Å². The Bertz CT molecular complexity index is 1150. The molecule has 1 amide bonds. The lowest BCUT2D eigenvalue weighted by Gasteiger charge is -2.52. The van der Waals surface area contributed by atoms with Crippen molar-refractivity contribution in [2.75, 3.05) is 6.61 Å². The van der Waals surface area contributed by atoms with Crippen LogP contribution in [0.2, 0.25) is 10.0 Å². The number of piperidine rings is 1. The SMILES string of the molecule is CC[C@@H](CCC#N)N1C(=O)[C@@](C)(CC2COC(C)(C)O2)C[C@H](c2cccc(Cl)c2)C1c1ccc(Cl)cc1. The van der Waals surface area contributed by atoms with E-state index in [9.17, 15) is 10.1 Å². The largest absolute Gasteiger partial charge is 0.348 e. The molecule has 0 aromatic heterocycles. The van der Waals surface area contributed by atoms with Crippen molar-refractivity contribution < 1.29 is 14.3 Å². The molecule has 0 spiro atoms. The molecule has 2 heterocycles. The molecule has 5 atom stereocenters. The van der Waals surface area contributed by atoms with Crippen molar-refractivity contribution in [3.63, 3.8) is 0 Å². The Morgan fingerprint density at radius 1 is 1.11 bits per heavy atom. The molecule has 2 fully saturated rings. The summed E-state index contributed by atoms with van der Waals surface area (Å²) in [5.74, 6) is -0.562. The lowest BCUT2D eigenvalue weighted by molar-refractivity contribution is -0.163. The molecule has 0 bridgehead atoms. The van der Waals surface area contributed by atoms with Gasteiger partial charge in [-0.25, -0.2) is 0 Å². The first kappa shape index (κ1) is 27.9. The zero-order chi connectivity index (χ0) is 26.8. The van der Waals surface area contributed by atoms with Gasteiger partial charge in [0.1, 0.15) is 0 Å². The molecule has 0 aliphatic carbocycles. The number of hydrogen-bond donors (Lipinski definition) is 0. The molecule has 2 aliphatic heterocycles. The number of amides is 1. The number of benzene rings is 2. The molecule has 5 nitrogen and oxygen atoms in total. The fourth-order valence-corrected chi connectivity index (χ4v) is 6.43. The van der Waals surface area contributed by atoms with E-state index in [1.165, 1.54) is 0 Å². The second-order valence-corrected chi connectivity index (χ2v) is 11.9. The van der Waals surface area contributed by atoms with Gasteiger partial charge in [0, 0.05) is 33.8 Å². The molecule has 0 saturated carbocycles. The Hall–Kier alpha value is -2.10. The standard InChI is InChI=1S/C30H36Cl2N2O3/c1-5-24(10-7-15-33)34-27(20-11-13-22(31)14-12-20)26(21-8-6-9-23(32)16-21)18-30(4,28(34)35)17-25-19-36-29(2,3)37-25/h6,8-9,11-14,16,24-27H,5,7,10,17-19H2,1-4H3/t24-,25?,26+,27?,30-/m0/s1. The molecule has 2 saturated heterocycles. The van der Waals surface area contributed by atoms with E-state index < -0.39 is 11.2 Å². The summed E-state index contributed by atoms with van der Waals surface area (Å²) in [5, 5.41) is 10.7. The van der Waals surface area contributed by atoms with Crippen molar-refractivity contribution in [1.82, 2.24) is 4.90 Å². The van der Waals surface area contributed by atoms with E-state index in [0.29, 0.717) is 42.3 Å². The number of carbonyl (C=O) groups is 1. The summed E-state index contributed by atoms with van der Waals surface area (Å²) in [5.41, 5.74) is 1.45. The first-order valence-electron chi connectivity index (χ1n) is 13.1. The minimum Gasteiger partial charge on any atom is -0.348 e. The highest BCUT2D eigenvalue weighted by molar-refractivity contribution is 6.30. The third-order valence-electron chi connectivity index (χ3n) is 7.79. The third kappa shape index (κ3) is 6.15. The number of halogens is 2. The Balaban J connectivity index is 1.83. The lowest BCUT2D eigenvalue weighted by atomic mass is 9.66.